The number of hydrogen-bond donors (Lipinski definition) is 1. The number of halogens is 1. The molecular weight excluding hydrogens is 287 g/mol. The number of benzene rings is 1. The lowest BCUT2D eigenvalue weighted by Gasteiger charge is -2.25. The van der Waals surface area contributed by atoms with Crippen LogP contribution in [0, 0.1) is 5.82 Å². The van der Waals surface area contributed by atoms with Crippen molar-refractivity contribution in [2.24, 2.45) is 0 Å². The maximum atomic E-state index is 13.3. The van der Waals surface area contributed by atoms with E-state index in [2.05, 4.69) is 5.32 Å². The summed E-state index contributed by atoms with van der Waals surface area (Å²) in [6.45, 7) is 0.198. The van der Waals surface area contributed by atoms with Crippen molar-refractivity contribution in [1.82, 2.24) is 9.62 Å². The van der Waals surface area contributed by atoms with Crippen molar-refractivity contribution in [3.63, 3.8) is 0 Å². The van der Waals surface area contributed by atoms with E-state index >= 15 is 0 Å². The average molecular weight is 302 g/mol. The molecule has 1 aromatic rings. The predicted octanol–water partition coefficient (Wildman–Crippen LogP) is -0.0339. The summed E-state index contributed by atoms with van der Waals surface area (Å²) in [4.78, 5) is 11.2. The van der Waals surface area contributed by atoms with E-state index in [-0.39, 0.29) is 37.1 Å². The molecule has 0 aliphatic carbocycles. The monoisotopic (exact) mass is 302 g/mol. The van der Waals surface area contributed by atoms with Gasteiger partial charge in [0, 0.05) is 13.1 Å². The summed E-state index contributed by atoms with van der Waals surface area (Å²) in [7, 11) is -3.57. The highest BCUT2D eigenvalue weighted by molar-refractivity contribution is 7.89. The van der Waals surface area contributed by atoms with Crippen LogP contribution in [0.3, 0.4) is 0 Å². The molecule has 0 radical (unpaired) electrons. The summed E-state index contributed by atoms with van der Waals surface area (Å²) in [6.07, 6.45) is 0. The highest BCUT2D eigenvalue weighted by atomic mass is 32.2. The van der Waals surface area contributed by atoms with Gasteiger partial charge in [0.15, 0.2) is 11.6 Å². The molecule has 20 heavy (non-hydrogen) atoms. The largest absolute Gasteiger partial charge is 0.489 e. The number of nitrogens with zero attached hydrogens (tertiary/aromatic N) is 1. The smallest absolute Gasteiger partial charge is 0.235 e. The number of carbonyl (C=O) groups is 1. The molecule has 0 bridgehead atoms. The summed E-state index contributed by atoms with van der Waals surface area (Å²) in [5, 5.41) is 2.55. The topological polar surface area (TPSA) is 75.7 Å². The van der Waals surface area contributed by atoms with E-state index in [9.17, 15) is 17.6 Å². The van der Waals surface area contributed by atoms with Gasteiger partial charge in [0.2, 0.25) is 15.9 Å². The van der Waals surface area contributed by atoms with Crippen molar-refractivity contribution < 1.29 is 22.3 Å². The first-order valence-electron chi connectivity index (χ1n) is 6.11. The van der Waals surface area contributed by atoms with Gasteiger partial charge in [-0.1, -0.05) is 12.1 Å². The number of ether oxygens (including phenoxy) is 1. The molecule has 0 unspecified atom stereocenters. The molecule has 1 heterocycles. The minimum Gasteiger partial charge on any atom is -0.489 e. The van der Waals surface area contributed by atoms with E-state index in [0.29, 0.717) is 6.54 Å². The third-order valence-corrected chi connectivity index (χ3v) is 4.61. The van der Waals surface area contributed by atoms with Gasteiger partial charge in [-0.05, 0) is 12.1 Å². The summed E-state index contributed by atoms with van der Waals surface area (Å²) in [5.41, 5.74) is 0. The van der Waals surface area contributed by atoms with E-state index in [1.165, 1.54) is 18.2 Å². The van der Waals surface area contributed by atoms with Crippen molar-refractivity contribution in [3.8, 4) is 5.75 Å². The molecule has 0 atom stereocenters. The van der Waals surface area contributed by atoms with E-state index in [0.717, 1.165) is 4.31 Å². The number of rotatable bonds is 5. The molecule has 110 valence electrons. The fraction of sp³-hybridized carbons (Fsp3) is 0.417. The zero-order valence-corrected chi connectivity index (χ0v) is 11.5. The van der Waals surface area contributed by atoms with E-state index < -0.39 is 15.8 Å². The summed E-state index contributed by atoms with van der Waals surface area (Å²) in [5.74, 6) is -1.15. The van der Waals surface area contributed by atoms with Gasteiger partial charge in [0.1, 0.15) is 6.61 Å². The number of hydrogen-bond acceptors (Lipinski definition) is 4. The Morgan fingerprint density at radius 1 is 1.35 bits per heavy atom. The number of piperazine rings is 1. The Labute approximate surface area is 116 Å². The van der Waals surface area contributed by atoms with Gasteiger partial charge in [-0.2, -0.15) is 4.31 Å². The van der Waals surface area contributed by atoms with Crippen molar-refractivity contribution in [1.29, 1.82) is 0 Å². The Hall–Kier alpha value is -1.67. The van der Waals surface area contributed by atoms with Crippen molar-refractivity contribution >= 4 is 15.9 Å². The van der Waals surface area contributed by atoms with Crippen LogP contribution in [0.4, 0.5) is 4.39 Å². The first kappa shape index (κ1) is 14.7. The lowest BCUT2D eigenvalue weighted by Crippen LogP contribution is -2.50. The van der Waals surface area contributed by atoms with Gasteiger partial charge in [0.05, 0.1) is 12.3 Å². The van der Waals surface area contributed by atoms with Crippen LogP contribution >= 0.6 is 0 Å². The SMILES string of the molecule is O=C1CN(S(=O)(=O)CCOc2ccccc2F)CCN1. The van der Waals surface area contributed by atoms with Crippen LogP contribution in [-0.4, -0.2) is 50.6 Å². The molecule has 1 aromatic carbocycles. The fourth-order valence-corrected chi connectivity index (χ4v) is 3.04. The molecule has 2 rings (SSSR count). The summed E-state index contributed by atoms with van der Waals surface area (Å²) >= 11 is 0. The first-order valence-corrected chi connectivity index (χ1v) is 7.72. The first-order chi connectivity index (χ1) is 9.49. The van der Waals surface area contributed by atoms with Crippen LogP contribution in [0.25, 0.3) is 0 Å². The fourth-order valence-electron chi connectivity index (χ4n) is 1.80. The Kier molecular flexibility index (Phi) is 4.56. The van der Waals surface area contributed by atoms with E-state index in [4.69, 9.17) is 4.74 Å². The maximum Gasteiger partial charge on any atom is 0.235 e. The van der Waals surface area contributed by atoms with Crippen molar-refractivity contribution in [2.45, 2.75) is 0 Å². The zero-order valence-electron chi connectivity index (χ0n) is 10.7. The second kappa shape index (κ2) is 6.19. The van der Waals surface area contributed by atoms with Crippen LogP contribution in [-0.2, 0) is 14.8 Å². The molecule has 1 aliphatic heterocycles. The Morgan fingerprint density at radius 2 is 2.10 bits per heavy atom. The van der Waals surface area contributed by atoms with Gasteiger partial charge in [-0.3, -0.25) is 4.79 Å². The van der Waals surface area contributed by atoms with E-state index in [1.54, 1.807) is 6.07 Å². The number of carbonyl (C=O) groups excluding carboxylic acids is 1. The lowest BCUT2D eigenvalue weighted by molar-refractivity contribution is -0.122. The number of nitrogens with one attached hydrogen (secondary N) is 1. The molecule has 1 aliphatic rings. The van der Waals surface area contributed by atoms with Crippen molar-refractivity contribution in [2.75, 3.05) is 32.0 Å². The molecule has 0 aromatic heterocycles. The van der Waals surface area contributed by atoms with Gasteiger partial charge in [-0.25, -0.2) is 12.8 Å². The summed E-state index contributed by atoms with van der Waals surface area (Å²) in [6, 6.07) is 5.78. The minimum absolute atomic E-state index is 0.0130. The van der Waals surface area contributed by atoms with Gasteiger partial charge in [0.25, 0.3) is 0 Å². The maximum absolute atomic E-state index is 13.3. The number of amides is 1. The summed E-state index contributed by atoms with van der Waals surface area (Å²) < 4.78 is 43.5. The van der Waals surface area contributed by atoms with E-state index in [1.807, 2.05) is 0 Å². The molecule has 1 fully saturated rings. The zero-order chi connectivity index (χ0) is 14.6. The number of para-hydroxylation sites is 1. The average Bonchev–Trinajstić information content (AvgIpc) is 2.41. The Balaban J connectivity index is 1.89. The highest BCUT2D eigenvalue weighted by Crippen LogP contribution is 2.15. The third-order valence-electron chi connectivity index (χ3n) is 2.83. The van der Waals surface area contributed by atoms with Gasteiger partial charge < -0.3 is 10.1 Å². The molecule has 1 amide bonds. The molecule has 1 N–H and O–H groups in total. The van der Waals surface area contributed by atoms with Crippen LogP contribution in [0.5, 0.6) is 5.75 Å². The van der Waals surface area contributed by atoms with Crippen LogP contribution < -0.4 is 10.1 Å². The molecule has 1 saturated heterocycles. The predicted molar refractivity (Wildman–Crippen MR) is 70.3 cm³/mol. The minimum atomic E-state index is -3.57. The molecule has 0 saturated carbocycles. The van der Waals surface area contributed by atoms with Gasteiger partial charge in [-0.15, -0.1) is 0 Å². The molecular formula is C12H15FN2O4S. The molecule has 8 heteroatoms. The highest BCUT2D eigenvalue weighted by Gasteiger charge is 2.27. The van der Waals surface area contributed by atoms with Crippen molar-refractivity contribution in [3.05, 3.63) is 30.1 Å². The lowest BCUT2D eigenvalue weighted by atomic mass is 10.3. The quantitative estimate of drug-likeness (QED) is 0.828. The molecule has 6 nitrogen and oxygen atoms in total. The standard InChI is InChI=1S/C12H15FN2O4S/c13-10-3-1-2-4-11(10)19-7-8-20(17,18)15-6-5-14-12(16)9-15/h1-4H,5-9H2,(H,14,16). The third kappa shape index (κ3) is 3.67. The van der Waals surface area contributed by atoms with Crippen LogP contribution in [0.1, 0.15) is 0 Å². The van der Waals surface area contributed by atoms with Crippen LogP contribution in [0.15, 0.2) is 24.3 Å². The second-order valence-electron chi connectivity index (χ2n) is 4.28. The normalized spacial score (nSPS) is 16.8. The second-order valence-corrected chi connectivity index (χ2v) is 6.37. The van der Waals surface area contributed by atoms with Gasteiger partial charge >= 0.3 is 0 Å². The molecule has 0 spiro atoms. The van der Waals surface area contributed by atoms with Crippen LogP contribution in [0.2, 0.25) is 0 Å². The number of sulfonamides is 1. The Bertz CT molecular complexity index is 591. The Morgan fingerprint density at radius 3 is 2.80 bits per heavy atom.